The first-order valence-corrected chi connectivity index (χ1v) is 13.2. The maximum absolute atomic E-state index is 7.06. The zero-order chi connectivity index (χ0) is 23.7. The topological polar surface area (TPSA) is 18.5 Å². The highest BCUT2D eigenvalue weighted by molar-refractivity contribution is 7.80. The molecule has 34 heavy (non-hydrogen) atoms. The molecule has 0 bridgehead atoms. The molecule has 0 radical (unpaired) electrons. The van der Waals surface area contributed by atoms with Crippen LogP contribution in [-0.4, -0.2) is 0 Å². The van der Waals surface area contributed by atoms with Crippen LogP contribution in [0.1, 0.15) is 41.7 Å². The summed E-state index contributed by atoms with van der Waals surface area (Å²) in [4.78, 5) is 0. The summed E-state index contributed by atoms with van der Waals surface area (Å²) < 4.78 is 13.9. The molecule has 0 spiro atoms. The minimum absolute atomic E-state index is 0.585. The second kappa shape index (κ2) is 7.45. The summed E-state index contributed by atoms with van der Waals surface area (Å²) in [6.45, 7) is 10.9. The largest absolute Gasteiger partial charge is 0.477 e. The number of hydrogen-bond donors (Lipinski definition) is 0. The molecule has 0 aliphatic carbocycles. The maximum Gasteiger partial charge on any atom is 0.178 e. The first-order valence-electron chi connectivity index (χ1n) is 11.9. The van der Waals surface area contributed by atoms with Gasteiger partial charge in [-0.25, -0.2) is 0 Å². The molecule has 0 aromatic heterocycles. The molecule has 0 saturated heterocycles. The lowest BCUT2D eigenvalue weighted by Crippen LogP contribution is -2.43. The second-order valence-electron chi connectivity index (χ2n) is 9.90. The molecule has 4 aromatic rings. The van der Waals surface area contributed by atoms with Crippen LogP contribution >= 0.6 is 7.92 Å². The van der Waals surface area contributed by atoms with Crippen LogP contribution in [0.15, 0.2) is 84.9 Å². The molecular weight excluding hydrogens is 435 g/mol. The molecule has 6 rings (SSSR count). The smallest absolute Gasteiger partial charge is 0.178 e. The summed E-state index contributed by atoms with van der Waals surface area (Å²) in [5, 5.41) is 3.90. The van der Waals surface area contributed by atoms with E-state index in [1.165, 1.54) is 32.6 Å². The van der Waals surface area contributed by atoms with Gasteiger partial charge in [-0.15, -0.1) is 0 Å². The van der Waals surface area contributed by atoms with Crippen LogP contribution < -0.4 is 25.4 Å². The van der Waals surface area contributed by atoms with Gasteiger partial charge in [-0.05, 0) is 82.5 Å². The minimum Gasteiger partial charge on any atom is -0.477 e. The SMILES string of the molecule is Cc1cc(C)c2c(c1)C1(C)Oc3c(P(c4ccccc4)c4ccccc4)cc(C)cc3C1(C)O2. The molecule has 2 aliphatic heterocycles. The van der Waals surface area contributed by atoms with Crippen molar-refractivity contribution < 1.29 is 9.47 Å². The highest BCUT2D eigenvalue weighted by atomic mass is 31.1. The van der Waals surface area contributed by atoms with E-state index >= 15 is 0 Å². The summed E-state index contributed by atoms with van der Waals surface area (Å²) in [6.07, 6.45) is 0. The van der Waals surface area contributed by atoms with E-state index in [-0.39, 0.29) is 0 Å². The lowest BCUT2D eigenvalue weighted by atomic mass is 9.79. The lowest BCUT2D eigenvalue weighted by molar-refractivity contribution is -0.0469. The third kappa shape index (κ3) is 2.91. The van der Waals surface area contributed by atoms with Crippen molar-refractivity contribution in [3.63, 3.8) is 0 Å². The van der Waals surface area contributed by atoms with Gasteiger partial charge in [0.1, 0.15) is 11.5 Å². The van der Waals surface area contributed by atoms with Crippen molar-refractivity contribution in [2.75, 3.05) is 0 Å². The third-order valence-corrected chi connectivity index (χ3v) is 9.90. The Bertz CT molecular complexity index is 1370. The second-order valence-corrected chi connectivity index (χ2v) is 12.1. The Balaban J connectivity index is 1.59. The predicted molar refractivity (Wildman–Crippen MR) is 142 cm³/mol. The zero-order valence-corrected chi connectivity index (χ0v) is 21.2. The van der Waals surface area contributed by atoms with Crippen molar-refractivity contribution in [3.8, 4) is 11.5 Å². The van der Waals surface area contributed by atoms with E-state index in [0.29, 0.717) is 0 Å². The number of aryl methyl sites for hydroxylation is 3. The van der Waals surface area contributed by atoms with E-state index in [9.17, 15) is 0 Å². The molecule has 2 nitrogen and oxygen atoms in total. The molecule has 0 N–H and O–H groups in total. The van der Waals surface area contributed by atoms with Crippen LogP contribution in [0.25, 0.3) is 0 Å². The Labute approximate surface area is 203 Å². The summed E-state index contributed by atoms with van der Waals surface area (Å²) >= 11 is 0. The summed E-state index contributed by atoms with van der Waals surface area (Å²) in [5.41, 5.74) is 4.76. The molecule has 2 heterocycles. The average molecular weight is 465 g/mol. The fourth-order valence-electron chi connectivity index (χ4n) is 5.63. The third-order valence-electron chi connectivity index (χ3n) is 7.45. The Morgan fingerprint density at radius 2 is 1.06 bits per heavy atom. The van der Waals surface area contributed by atoms with Gasteiger partial charge in [-0.1, -0.05) is 72.3 Å². The van der Waals surface area contributed by atoms with Crippen LogP contribution in [0.5, 0.6) is 11.5 Å². The first-order chi connectivity index (χ1) is 16.3. The highest BCUT2D eigenvalue weighted by Crippen LogP contribution is 2.62. The summed E-state index contributed by atoms with van der Waals surface area (Å²) in [5.74, 6) is 1.96. The van der Waals surface area contributed by atoms with Crippen molar-refractivity contribution in [2.24, 2.45) is 0 Å². The minimum atomic E-state index is -0.789. The number of benzene rings is 4. The molecule has 0 fully saturated rings. The maximum atomic E-state index is 7.06. The van der Waals surface area contributed by atoms with E-state index in [2.05, 4.69) is 120 Å². The lowest BCUT2D eigenvalue weighted by Gasteiger charge is -2.31. The number of rotatable bonds is 3. The molecule has 3 heteroatoms. The van der Waals surface area contributed by atoms with Gasteiger partial charge in [0.2, 0.25) is 0 Å². The van der Waals surface area contributed by atoms with Crippen molar-refractivity contribution >= 4 is 23.8 Å². The molecule has 0 saturated carbocycles. The molecular formula is C31H29O2P. The van der Waals surface area contributed by atoms with Crippen LogP contribution in [0.3, 0.4) is 0 Å². The van der Waals surface area contributed by atoms with E-state index in [1.807, 2.05) is 0 Å². The van der Waals surface area contributed by atoms with Crippen LogP contribution in [0.4, 0.5) is 0 Å². The Morgan fingerprint density at radius 3 is 1.62 bits per heavy atom. The van der Waals surface area contributed by atoms with E-state index < -0.39 is 19.1 Å². The fraction of sp³-hybridized carbons (Fsp3) is 0.226. The standard InChI is InChI=1S/C31H29O2P/c1-20-16-22(3)28-25(17-20)30(4)31(5,32-28)26-18-21(2)19-27(29(26)33-30)34(23-12-8-6-9-13-23)24-14-10-7-11-15-24/h6-19H,1-5H3. The monoisotopic (exact) mass is 464 g/mol. The van der Waals surface area contributed by atoms with E-state index in [4.69, 9.17) is 9.47 Å². The molecule has 2 unspecified atom stereocenters. The van der Waals surface area contributed by atoms with E-state index in [1.54, 1.807) is 0 Å². The highest BCUT2D eigenvalue weighted by Gasteiger charge is 2.64. The van der Waals surface area contributed by atoms with Crippen LogP contribution in [0, 0.1) is 20.8 Å². The van der Waals surface area contributed by atoms with Gasteiger partial charge in [0, 0.05) is 16.4 Å². The summed E-state index contributed by atoms with van der Waals surface area (Å²) in [7, 11) is -0.789. The first kappa shape index (κ1) is 21.4. The van der Waals surface area contributed by atoms with Crippen LogP contribution in [0.2, 0.25) is 0 Å². The van der Waals surface area contributed by atoms with Gasteiger partial charge < -0.3 is 9.47 Å². The van der Waals surface area contributed by atoms with E-state index in [0.717, 1.165) is 22.6 Å². The van der Waals surface area contributed by atoms with Gasteiger partial charge in [0.15, 0.2) is 11.2 Å². The summed E-state index contributed by atoms with van der Waals surface area (Å²) in [6, 6.07) is 30.7. The average Bonchev–Trinajstić information content (AvgIpc) is 3.18. The molecule has 170 valence electrons. The van der Waals surface area contributed by atoms with Crippen LogP contribution in [-0.2, 0) is 11.2 Å². The van der Waals surface area contributed by atoms with Crippen molar-refractivity contribution in [2.45, 2.75) is 45.8 Å². The van der Waals surface area contributed by atoms with Gasteiger partial charge in [-0.3, -0.25) is 0 Å². The van der Waals surface area contributed by atoms with Gasteiger partial charge >= 0.3 is 0 Å². The zero-order valence-electron chi connectivity index (χ0n) is 20.3. The van der Waals surface area contributed by atoms with Gasteiger partial charge in [0.25, 0.3) is 0 Å². The molecule has 0 amide bonds. The number of ether oxygens (including phenoxy) is 2. The van der Waals surface area contributed by atoms with Crippen molar-refractivity contribution in [1.82, 2.24) is 0 Å². The Kier molecular flexibility index (Phi) is 4.70. The molecule has 2 aliphatic rings. The number of hydrogen-bond acceptors (Lipinski definition) is 2. The number of fused-ring (bicyclic) bond motifs is 5. The van der Waals surface area contributed by atoms with Gasteiger partial charge in [-0.2, -0.15) is 0 Å². The Hall–Kier alpha value is -3.09. The Morgan fingerprint density at radius 1 is 0.588 bits per heavy atom. The predicted octanol–water partition coefficient (Wildman–Crippen LogP) is 6.29. The van der Waals surface area contributed by atoms with Crippen molar-refractivity contribution in [1.29, 1.82) is 0 Å². The normalized spacial score (nSPS) is 22.1. The molecule has 2 atom stereocenters. The van der Waals surface area contributed by atoms with Gasteiger partial charge in [0.05, 0.1) is 0 Å². The quantitative estimate of drug-likeness (QED) is 0.332. The molecule has 4 aromatic carbocycles. The van der Waals surface area contributed by atoms with Crippen molar-refractivity contribution in [3.05, 3.63) is 113 Å². The fourth-order valence-corrected chi connectivity index (χ4v) is 8.13.